The molecule has 20 aromatic rings. The molecule has 0 aliphatic rings. The molecule has 20 heteroatoms. The molecule has 584 valence electrons. The van der Waals surface area contributed by atoms with E-state index in [2.05, 4.69) is 419 Å². The monoisotopic (exact) mass is 1960 g/mol. The van der Waals surface area contributed by atoms with E-state index in [9.17, 15) is 0 Å². The van der Waals surface area contributed by atoms with Crippen molar-refractivity contribution in [2.45, 2.75) is 20.8 Å². The first-order chi connectivity index (χ1) is 58.1. The van der Waals surface area contributed by atoms with Gasteiger partial charge in [0.1, 0.15) is 0 Å². The fraction of sp³-hybridized carbons (Fsp3) is 0.0303. The van der Waals surface area contributed by atoms with Gasteiger partial charge in [-0.25, -0.2) is 0 Å². The van der Waals surface area contributed by atoms with Crippen molar-refractivity contribution in [2.24, 2.45) is 0 Å². The van der Waals surface area contributed by atoms with E-state index in [1.54, 1.807) is 6.92 Å². The highest BCUT2D eigenvalue weighted by atomic mass is 79.9. The van der Waals surface area contributed by atoms with Crippen LogP contribution in [0.4, 0.5) is 17.1 Å². The van der Waals surface area contributed by atoms with Gasteiger partial charge in [-0.15, -0.1) is 20.4 Å². The number of hydrogen-bond acceptors (Lipinski definition) is 13. The van der Waals surface area contributed by atoms with E-state index in [1.807, 2.05) is 103 Å². The number of halogens is 7. The first-order valence-electron chi connectivity index (χ1n) is 37.4. The number of aromatic nitrogens is 8. The van der Waals surface area contributed by atoms with Crippen LogP contribution in [0.15, 0.2) is 415 Å². The smallest absolute Gasteiger partial charge is 0.320 e. The molecule has 0 spiro atoms. The lowest BCUT2D eigenvalue weighted by atomic mass is 9.90. The van der Waals surface area contributed by atoms with Gasteiger partial charge in [0.15, 0.2) is 0 Å². The van der Waals surface area contributed by atoms with E-state index >= 15 is 0 Å². The summed E-state index contributed by atoms with van der Waals surface area (Å²) in [6.45, 7) is 5.99. The highest BCUT2D eigenvalue weighted by Gasteiger charge is 2.17. The Kier molecular flexibility index (Phi) is 28.8. The van der Waals surface area contributed by atoms with Gasteiger partial charge >= 0.3 is 5.35 Å². The summed E-state index contributed by atoms with van der Waals surface area (Å²) in [7, 11) is 0. The summed E-state index contributed by atoms with van der Waals surface area (Å²) in [5.74, 6) is 2.81. The Bertz CT molecular complexity index is 6440. The number of rotatable bonds is 10. The van der Waals surface area contributed by atoms with Gasteiger partial charge in [0.2, 0.25) is 42.1 Å². The summed E-state index contributed by atoms with van der Waals surface area (Å²) in [5.41, 5.74) is 17.2. The second-order valence-corrected chi connectivity index (χ2v) is 32.6. The minimum atomic E-state index is 0.0638. The van der Waals surface area contributed by atoms with E-state index in [0.29, 0.717) is 29.3 Å². The molecular formula is C99H70Br6ClN9O4. The molecular weight excluding hydrogens is 1890 g/mol. The second kappa shape index (κ2) is 41.0. The first-order valence-corrected chi connectivity index (χ1v) is 42.5. The molecule has 0 amide bonds. The van der Waals surface area contributed by atoms with Crippen molar-refractivity contribution in [3.8, 4) is 79.1 Å². The van der Waals surface area contributed by atoms with Gasteiger partial charge in [0.25, 0.3) is 0 Å². The van der Waals surface area contributed by atoms with Crippen LogP contribution in [0.5, 0.6) is 0 Å². The van der Waals surface area contributed by atoms with Crippen LogP contribution in [0.2, 0.25) is 5.35 Å². The molecule has 0 saturated heterocycles. The predicted molar refractivity (Wildman–Crippen MR) is 505 cm³/mol. The van der Waals surface area contributed by atoms with Crippen molar-refractivity contribution in [2.75, 3.05) is 4.90 Å². The van der Waals surface area contributed by atoms with Crippen LogP contribution in [-0.4, -0.2) is 40.7 Å². The Morgan fingerprint density at radius 1 is 0.311 bits per heavy atom. The van der Waals surface area contributed by atoms with Gasteiger partial charge in [-0.3, -0.25) is 0 Å². The fourth-order valence-electron chi connectivity index (χ4n) is 12.7. The minimum absolute atomic E-state index is 0.0638. The number of fused-ring (bicyclic) bond motifs is 4. The van der Waals surface area contributed by atoms with Crippen LogP contribution in [0, 0.1) is 20.8 Å². The fourth-order valence-corrected chi connectivity index (χ4v) is 15.0. The first kappa shape index (κ1) is 83.6. The lowest BCUT2D eigenvalue weighted by Crippen LogP contribution is -2.09. The summed E-state index contributed by atoms with van der Waals surface area (Å²) in [4.78, 5) is 10.1. The topological polar surface area (TPSA) is 159 Å². The molecule has 4 heterocycles. The van der Waals surface area contributed by atoms with Crippen molar-refractivity contribution in [3.63, 3.8) is 0 Å². The third-order valence-corrected chi connectivity index (χ3v) is 22.3. The average molecular weight is 1960 g/mol. The van der Waals surface area contributed by atoms with E-state index in [1.165, 1.54) is 100 Å². The molecule has 0 radical (unpaired) electrons. The average Bonchev–Trinajstić information content (AvgIpc) is 1.55. The van der Waals surface area contributed by atoms with Crippen molar-refractivity contribution in [1.82, 2.24) is 40.7 Å². The van der Waals surface area contributed by atoms with E-state index in [0.717, 1.165) is 66.2 Å². The van der Waals surface area contributed by atoms with Crippen LogP contribution >= 0.6 is 107 Å². The molecule has 0 unspecified atom stereocenters. The molecule has 20 rings (SSSR count). The second-order valence-electron chi connectivity index (χ2n) is 26.9. The lowest BCUT2D eigenvalue weighted by molar-refractivity contribution is 0.419. The van der Waals surface area contributed by atoms with Crippen LogP contribution < -0.4 is 4.90 Å². The zero-order valence-corrected chi connectivity index (χ0v) is 74.3. The maximum absolute atomic E-state index is 5.47. The molecule has 0 aliphatic heterocycles. The summed E-state index contributed by atoms with van der Waals surface area (Å²) >= 11 is 26.5. The zero-order chi connectivity index (χ0) is 82.4. The van der Waals surface area contributed by atoms with Crippen molar-refractivity contribution in [3.05, 3.63) is 420 Å². The summed E-state index contributed by atoms with van der Waals surface area (Å²) in [6, 6.07) is 123. The van der Waals surface area contributed by atoms with Crippen LogP contribution in [0.3, 0.4) is 0 Å². The van der Waals surface area contributed by atoms with Gasteiger partial charge in [-0.05, 0) is 270 Å². The number of hydrogen-bond donors (Lipinski definition) is 0. The Balaban J connectivity index is 0.000000119. The Labute approximate surface area is 743 Å². The Hall–Kier alpha value is -11.9. The molecule has 0 bridgehead atoms. The normalized spacial score (nSPS) is 10.6. The zero-order valence-electron chi connectivity index (χ0n) is 64.0. The van der Waals surface area contributed by atoms with Crippen molar-refractivity contribution < 1.29 is 17.9 Å². The minimum Gasteiger partial charge on any atom is -0.423 e. The van der Waals surface area contributed by atoms with E-state index in [-0.39, 0.29) is 5.35 Å². The molecule has 4 aromatic heterocycles. The maximum Gasteiger partial charge on any atom is 0.320 e. The number of anilines is 3. The molecule has 0 fully saturated rings. The molecule has 0 aliphatic carbocycles. The molecule has 16 aromatic carbocycles. The maximum atomic E-state index is 5.47. The Morgan fingerprint density at radius 3 is 1.25 bits per heavy atom. The van der Waals surface area contributed by atoms with Crippen LogP contribution in [0.1, 0.15) is 17.0 Å². The molecule has 0 atom stereocenters. The van der Waals surface area contributed by atoms with Crippen molar-refractivity contribution in [1.29, 1.82) is 0 Å². The lowest BCUT2D eigenvalue weighted by Gasteiger charge is -2.25. The summed E-state index contributed by atoms with van der Waals surface area (Å²) in [5, 5.41) is 32.6. The number of aryl methyl sites for hydroxylation is 3. The summed E-state index contributed by atoms with van der Waals surface area (Å²) in [6.07, 6.45) is 2.63. The van der Waals surface area contributed by atoms with Gasteiger partial charge < -0.3 is 22.8 Å². The SMILES string of the molecule is Brc1c2ccccc2c(-c2ccc(-c3ccccc3)cc2)c2ccc(-c3ccccc3)cc12.Brc1ccc(-c2ncon2)cc1.Brc1ccc(-c2nnco2)cc1.Brc1ccc2cc3ccccc3cc2c1.Cc1ccc(N(c2ccc(C)cc2)c2ccc(Br)cc2)cc1.Cc1nnc(-c2ccc(Br)cc2)o1.Clc1nc(-c2ccccc2)no1. The molecule has 119 heavy (non-hydrogen) atoms. The predicted octanol–water partition coefficient (Wildman–Crippen LogP) is 31.2. The van der Waals surface area contributed by atoms with Gasteiger partial charge in [-0.2, -0.15) is 9.97 Å². The largest absolute Gasteiger partial charge is 0.423 e. The van der Waals surface area contributed by atoms with Crippen molar-refractivity contribution >= 4 is 167 Å². The van der Waals surface area contributed by atoms with Crippen LogP contribution in [0.25, 0.3) is 122 Å². The van der Waals surface area contributed by atoms with Crippen LogP contribution in [-0.2, 0) is 0 Å². The highest BCUT2D eigenvalue weighted by Crippen LogP contribution is 2.44. The molecule has 13 nitrogen and oxygen atoms in total. The van der Waals surface area contributed by atoms with Gasteiger partial charge in [0.05, 0.1) is 0 Å². The number of nitrogens with zero attached hydrogens (tertiary/aromatic N) is 9. The van der Waals surface area contributed by atoms with Gasteiger partial charge in [0, 0.05) is 73.1 Å². The van der Waals surface area contributed by atoms with Gasteiger partial charge in [-0.1, -0.05) is 307 Å². The third kappa shape index (κ3) is 22.5. The molecule has 0 N–H and O–H groups in total. The quantitative estimate of drug-likeness (QED) is 0.119. The Morgan fingerprint density at radius 2 is 0.739 bits per heavy atom. The van der Waals surface area contributed by atoms with E-state index in [4.69, 9.17) is 20.4 Å². The van der Waals surface area contributed by atoms with E-state index < -0.39 is 0 Å². The standard InChI is InChI=1S/C32H21Br.C20H18BrN.C14H9Br.C9H7BrN2O.2C8H5BrN2O.C8H5ClN2O/c33-32-29-14-8-7-13-27(29)31(25-17-15-24(16-18-25)22-9-3-1-4-10-22)28-20-19-26(21-30(28)32)23-11-5-2-6-12-23;1-15-3-9-18(10-4-15)22(19-11-5-16(2)6-12-19)20-13-7-17(21)8-14-20;15-14-6-5-12-7-10-3-1-2-4-11(10)8-13(12)9-14;1-6-11-12-9(13-6)7-2-4-8(10)5-3-7;9-7-3-1-6(2-4-7)8-11-10-5-12-8;9-7-3-1-6(2-4-7)8-10-5-12-11-8;9-8-10-7(11-12-8)6-4-2-1-3-5-6/h1-21H;3-14H,1-2H3;1-9H;2-5H,1H3;3*1-5H. The summed E-state index contributed by atoms with van der Waals surface area (Å²) < 4.78 is 26.0. The highest BCUT2D eigenvalue weighted by molar-refractivity contribution is 9.11. The molecule has 0 saturated carbocycles. The third-order valence-electron chi connectivity index (χ3n) is 18.6. The number of benzene rings is 16.